The number of hydrogen-bond acceptors (Lipinski definition) is 3. The zero-order valence-corrected chi connectivity index (χ0v) is 14.6. The second-order valence-electron chi connectivity index (χ2n) is 5.40. The van der Waals surface area contributed by atoms with Gasteiger partial charge in [-0.05, 0) is 38.7 Å². The second kappa shape index (κ2) is 9.96. The van der Waals surface area contributed by atoms with Crippen LogP contribution in [0.4, 0.5) is 5.82 Å². The van der Waals surface area contributed by atoms with Gasteiger partial charge in [0.25, 0.3) is 0 Å². The Morgan fingerprint density at radius 2 is 1.59 bits per heavy atom. The van der Waals surface area contributed by atoms with Crippen molar-refractivity contribution >= 4 is 5.82 Å². The smallest absolute Gasteiger partial charge is 0.128 e. The van der Waals surface area contributed by atoms with Crippen molar-refractivity contribution in [2.75, 3.05) is 32.1 Å². The molecular weight excluding hydrogens is 270 g/mol. The molecule has 0 aliphatic heterocycles. The van der Waals surface area contributed by atoms with E-state index in [1.165, 1.54) is 11.1 Å². The lowest BCUT2D eigenvalue weighted by molar-refractivity contribution is 0.412. The molecule has 0 saturated heterocycles. The Kier molecular flexibility index (Phi) is 8.23. The van der Waals surface area contributed by atoms with E-state index in [4.69, 9.17) is 0 Å². The predicted molar refractivity (Wildman–Crippen MR) is 96.4 cm³/mol. The summed E-state index contributed by atoms with van der Waals surface area (Å²) in [4.78, 5) is 9.00. The first-order valence-corrected chi connectivity index (χ1v) is 8.01. The van der Waals surface area contributed by atoms with Gasteiger partial charge in [0.1, 0.15) is 5.82 Å². The van der Waals surface area contributed by atoms with Crippen LogP contribution in [0.1, 0.15) is 25.0 Å². The zero-order valence-electron chi connectivity index (χ0n) is 14.6. The van der Waals surface area contributed by atoms with E-state index in [0.717, 1.165) is 25.5 Å². The predicted octanol–water partition coefficient (Wildman–Crippen LogP) is 3.98. The summed E-state index contributed by atoms with van der Waals surface area (Å²) in [7, 11) is 4.20. The van der Waals surface area contributed by atoms with Gasteiger partial charge in [0.2, 0.25) is 0 Å². The normalized spacial score (nSPS) is 10.1. The summed E-state index contributed by atoms with van der Waals surface area (Å²) >= 11 is 0. The van der Waals surface area contributed by atoms with E-state index in [2.05, 4.69) is 66.1 Å². The molecule has 1 heterocycles. The zero-order chi connectivity index (χ0) is 16.4. The maximum atomic E-state index is 4.48. The molecule has 0 spiro atoms. The molecule has 3 heteroatoms. The van der Waals surface area contributed by atoms with Gasteiger partial charge in [-0.3, -0.25) is 0 Å². The highest BCUT2D eigenvalue weighted by molar-refractivity contribution is 5.39. The van der Waals surface area contributed by atoms with Crippen molar-refractivity contribution in [1.82, 2.24) is 9.88 Å². The van der Waals surface area contributed by atoms with Crippen LogP contribution in [0.25, 0.3) is 0 Å². The summed E-state index contributed by atoms with van der Waals surface area (Å²) < 4.78 is 0. The topological polar surface area (TPSA) is 19.4 Å². The van der Waals surface area contributed by atoms with E-state index in [-0.39, 0.29) is 0 Å². The molecule has 0 N–H and O–H groups in total. The average molecular weight is 299 g/mol. The van der Waals surface area contributed by atoms with Gasteiger partial charge in [0, 0.05) is 25.8 Å². The van der Waals surface area contributed by atoms with Crippen molar-refractivity contribution in [1.29, 1.82) is 0 Å². The first kappa shape index (κ1) is 18.2. The monoisotopic (exact) mass is 299 g/mol. The fraction of sp³-hybridized carbons (Fsp3) is 0.421. The number of rotatable bonds is 6. The van der Waals surface area contributed by atoms with Crippen LogP contribution in [0.2, 0.25) is 0 Å². The number of hydrogen-bond donors (Lipinski definition) is 0. The second-order valence-corrected chi connectivity index (χ2v) is 5.40. The van der Waals surface area contributed by atoms with E-state index < -0.39 is 0 Å². The summed E-state index contributed by atoms with van der Waals surface area (Å²) in [6.07, 6.45) is 1.85. The van der Waals surface area contributed by atoms with Crippen molar-refractivity contribution < 1.29 is 0 Å². The standard InChI is InChI=1S/C17H23N3.C2H6/c1-15-7-9-16(10-8-15)14-20(13-12-19(2)3)17-6-4-5-11-18-17;1-2/h4-11H,12-14H2,1-3H3;1-2H3. The maximum absolute atomic E-state index is 4.48. The molecule has 0 bridgehead atoms. The molecule has 0 atom stereocenters. The summed E-state index contributed by atoms with van der Waals surface area (Å²) in [6, 6.07) is 14.8. The summed E-state index contributed by atoms with van der Waals surface area (Å²) in [5.41, 5.74) is 2.62. The van der Waals surface area contributed by atoms with Crippen LogP contribution in [-0.2, 0) is 6.54 Å². The number of aryl methyl sites for hydroxylation is 1. The summed E-state index contributed by atoms with van der Waals surface area (Å²) in [5.74, 6) is 1.04. The van der Waals surface area contributed by atoms with Crippen molar-refractivity contribution in [3.05, 3.63) is 59.8 Å². The number of benzene rings is 1. The largest absolute Gasteiger partial charge is 0.351 e. The van der Waals surface area contributed by atoms with Crippen molar-refractivity contribution in [3.63, 3.8) is 0 Å². The minimum Gasteiger partial charge on any atom is -0.351 e. The van der Waals surface area contributed by atoms with E-state index in [0.29, 0.717) is 0 Å². The van der Waals surface area contributed by atoms with E-state index >= 15 is 0 Å². The number of anilines is 1. The van der Waals surface area contributed by atoms with Gasteiger partial charge in [-0.2, -0.15) is 0 Å². The summed E-state index contributed by atoms with van der Waals surface area (Å²) in [6.45, 7) is 9.00. The Morgan fingerprint density at radius 3 is 2.14 bits per heavy atom. The molecule has 0 unspecified atom stereocenters. The molecule has 22 heavy (non-hydrogen) atoms. The molecule has 120 valence electrons. The molecule has 0 aliphatic rings. The highest BCUT2D eigenvalue weighted by atomic mass is 15.2. The van der Waals surface area contributed by atoms with Gasteiger partial charge >= 0.3 is 0 Å². The van der Waals surface area contributed by atoms with Crippen LogP contribution < -0.4 is 4.90 Å². The molecule has 0 aliphatic carbocycles. The lowest BCUT2D eigenvalue weighted by Gasteiger charge is -2.25. The fourth-order valence-electron chi connectivity index (χ4n) is 2.05. The molecular formula is C19H29N3. The molecule has 2 aromatic rings. The number of likely N-dealkylation sites (N-methyl/N-ethyl adjacent to an activating group) is 1. The number of pyridine rings is 1. The molecule has 0 saturated carbocycles. The highest BCUT2D eigenvalue weighted by Gasteiger charge is 2.08. The molecule has 1 aromatic heterocycles. The summed E-state index contributed by atoms with van der Waals surface area (Å²) in [5, 5.41) is 0. The van der Waals surface area contributed by atoms with Crippen molar-refractivity contribution in [2.24, 2.45) is 0 Å². The van der Waals surface area contributed by atoms with Crippen molar-refractivity contribution in [3.8, 4) is 0 Å². The Balaban J connectivity index is 0.00000116. The third-order valence-corrected chi connectivity index (χ3v) is 3.28. The van der Waals surface area contributed by atoms with Crippen LogP contribution in [0.15, 0.2) is 48.7 Å². The number of aromatic nitrogens is 1. The Bertz CT molecular complexity index is 506. The van der Waals surface area contributed by atoms with Gasteiger partial charge in [0.05, 0.1) is 0 Å². The van der Waals surface area contributed by atoms with Gasteiger partial charge in [-0.15, -0.1) is 0 Å². The van der Waals surface area contributed by atoms with Crippen LogP contribution in [0.3, 0.4) is 0 Å². The van der Waals surface area contributed by atoms with E-state index in [1.54, 1.807) is 0 Å². The van der Waals surface area contributed by atoms with E-state index in [1.807, 2.05) is 32.2 Å². The molecule has 1 aromatic carbocycles. The van der Waals surface area contributed by atoms with Gasteiger partial charge < -0.3 is 9.80 Å². The molecule has 3 nitrogen and oxygen atoms in total. The first-order chi connectivity index (χ1) is 10.6. The van der Waals surface area contributed by atoms with Gasteiger partial charge in [-0.1, -0.05) is 49.7 Å². The van der Waals surface area contributed by atoms with Crippen LogP contribution in [0.5, 0.6) is 0 Å². The SMILES string of the molecule is CC.Cc1ccc(CN(CCN(C)C)c2ccccn2)cc1. The Labute approximate surface area is 135 Å². The Hall–Kier alpha value is -1.87. The molecule has 0 fully saturated rings. The third-order valence-electron chi connectivity index (χ3n) is 3.28. The average Bonchev–Trinajstić information content (AvgIpc) is 2.56. The Morgan fingerprint density at radius 1 is 0.909 bits per heavy atom. The minimum absolute atomic E-state index is 0.894. The van der Waals surface area contributed by atoms with Gasteiger partial charge in [-0.25, -0.2) is 4.98 Å². The van der Waals surface area contributed by atoms with Crippen molar-refractivity contribution in [2.45, 2.75) is 27.3 Å². The maximum Gasteiger partial charge on any atom is 0.128 e. The van der Waals surface area contributed by atoms with Crippen LogP contribution in [0, 0.1) is 6.92 Å². The van der Waals surface area contributed by atoms with Gasteiger partial charge in [0.15, 0.2) is 0 Å². The number of nitrogens with zero attached hydrogens (tertiary/aromatic N) is 3. The first-order valence-electron chi connectivity index (χ1n) is 8.01. The molecule has 0 amide bonds. The molecule has 2 rings (SSSR count). The highest BCUT2D eigenvalue weighted by Crippen LogP contribution is 2.14. The van der Waals surface area contributed by atoms with E-state index in [9.17, 15) is 0 Å². The van der Waals surface area contributed by atoms with Crippen LogP contribution >= 0.6 is 0 Å². The fourth-order valence-corrected chi connectivity index (χ4v) is 2.05. The minimum atomic E-state index is 0.894. The quantitative estimate of drug-likeness (QED) is 0.804. The lowest BCUT2D eigenvalue weighted by Crippen LogP contribution is -2.31. The lowest BCUT2D eigenvalue weighted by atomic mass is 10.1. The molecule has 0 radical (unpaired) electrons. The van der Waals surface area contributed by atoms with Crippen LogP contribution in [-0.4, -0.2) is 37.1 Å². The third kappa shape index (κ3) is 6.27.